The van der Waals surface area contributed by atoms with Crippen molar-refractivity contribution in [1.29, 1.82) is 0 Å². The second-order valence-corrected chi connectivity index (χ2v) is 8.26. The van der Waals surface area contributed by atoms with Crippen molar-refractivity contribution in [1.82, 2.24) is 14.8 Å². The van der Waals surface area contributed by atoms with Crippen LogP contribution in [0.4, 0.5) is 0 Å². The van der Waals surface area contributed by atoms with E-state index in [1.165, 1.54) is 0 Å². The molecule has 1 N–H and O–H groups in total. The summed E-state index contributed by atoms with van der Waals surface area (Å²) in [6, 6.07) is 8.11. The first-order chi connectivity index (χ1) is 16.0. The number of aryl methyl sites for hydroxylation is 1. The fourth-order valence-electron chi connectivity index (χ4n) is 4.47. The number of methoxy groups -OCH3 is 1. The molecule has 33 heavy (non-hydrogen) atoms. The van der Waals surface area contributed by atoms with E-state index in [0.717, 1.165) is 37.2 Å². The highest BCUT2D eigenvalue weighted by molar-refractivity contribution is 6.46. The first-order valence-electron chi connectivity index (χ1n) is 11.1. The Balaban J connectivity index is 1.67. The summed E-state index contributed by atoms with van der Waals surface area (Å²) in [5, 5.41) is 11.2. The van der Waals surface area contributed by atoms with E-state index in [9.17, 15) is 14.7 Å². The molecule has 0 saturated carbocycles. The van der Waals surface area contributed by atoms with Gasteiger partial charge in [0.1, 0.15) is 11.5 Å². The van der Waals surface area contributed by atoms with Crippen LogP contribution in [0.15, 0.2) is 48.3 Å². The van der Waals surface area contributed by atoms with Crippen LogP contribution in [0.5, 0.6) is 5.75 Å². The number of hydrogen-bond acceptors (Lipinski definition) is 7. The van der Waals surface area contributed by atoms with Gasteiger partial charge in [0.2, 0.25) is 0 Å². The Hall–Kier alpha value is -3.23. The summed E-state index contributed by atoms with van der Waals surface area (Å²) in [7, 11) is 1.57. The highest BCUT2D eigenvalue weighted by Gasteiger charge is 2.45. The number of aromatic nitrogens is 1. The van der Waals surface area contributed by atoms with Crippen molar-refractivity contribution in [3.8, 4) is 5.75 Å². The van der Waals surface area contributed by atoms with Gasteiger partial charge in [0.25, 0.3) is 11.7 Å². The molecule has 1 aromatic heterocycles. The van der Waals surface area contributed by atoms with Crippen molar-refractivity contribution in [2.24, 2.45) is 0 Å². The smallest absolute Gasteiger partial charge is 0.295 e. The number of aliphatic hydroxyl groups is 1. The van der Waals surface area contributed by atoms with Gasteiger partial charge in [0, 0.05) is 44.1 Å². The van der Waals surface area contributed by atoms with Crippen LogP contribution in [0.2, 0.25) is 0 Å². The summed E-state index contributed by atoms with van der Waals surface area (Å²) in [6.45, 7) is 6.20. The van der Waals surface area contributed by atoms with Crippen LogP contribution in [0.25, 0.3) is 5.76 Å². The number of nitrogens with zero attached hydrogens (tertiary/aromatic N) is 3. The van der Waals surface area contributed by atoms with E-state index in [2.05, 4.69) is 9.88 Å². The average molecular weight is 452 g/mol. The van der Waals surface area contributed by atoms with Crippen LogP contribution in [0.3, 0.4) is 0 Å². The third-order valence-corrected chi connectivity index (χ3v) is 6.23. The van der Waals surface area contributed by atoms with Crippen LogP contribution in [0, 0.1) is 6.92 Å². The topological polar surface area (TPSA) is 92.2 Å². The average Bonchev–Trinajstić information content (AvgIpc) is 3.10. The zero-order chi connectivity index (χ0) is 23.4. The quantitative estimate of drug-likeness (QED) is 0.393. The molecule has 2 aliphatic rings. The molecule has 8 heteroatoms. The Labute approximate surface area is 193 Å². The summed E-state index contributed by atoms with van der Waals surface area (Å²) >= 11 is 0. The van der Waals surface area contributed by atoms with Gasteiger partial charge in [0.15, 0.2) is 0 Å². The second-order valence-electron chi connectivity index (χ2n) is 8.26. The lowest BCUT2D eigenvalue weighted by molar-refractivity contribution is -0.140. The number of ketones is 1. The van der Waals surface area contributed by atoms with Gasteiger partial charge in [-0.25, -0.2) is 0 Å². The van der Waals surface area contributed by atoms with Crippen molar-refractivity contribution in [3.63, 3.8) is 0 Å². The highest BCUT2D eigenvalue weighted by atomic mass is 16.5. The fourth-order valence-corrected chi connectivity index (χ4v) is 4.47. The van der Waals surface area contributed by atoms with E-state index >= 15 is 0 Å². The Kier molecular flexibility index (Phi) is 7.05. The zero-order valence-corrected chi connectivity index (χ0v) is 19.0. The molecule has 2 aromatic rings. The van der Waals surface area contributed by atoms with Gasteiger partial charge in [0.05, 0.1) is 31.9 Å². The maximum Gasteiger partial charge on any atom is 0.295 e. The van der Waals surface area contributed by atoms with Crippen molar-refractivity contribution in [2.75, 3.05) is 46.5 Å². The molecule has 174 valence electrons. The van der Waals surface area contributed by atoms with Gasteiger partial charge in [-0.15, -0.1) is 0 Å². The normalized spacial score (nSPS) is 20.9. The predicted molar refractivity (Wildman–Crippen MR) is 123 cm³/mol. The van der Waals surface area contributed by atoms with Crippen molar-refractivity contribution in [3.05, 3.63) is 65.0 Å². The molecule has 1 atom stereocenters. The Morgan fingerprint density at radius 2 is 1.88 bits per heavy atom. The summed E-state index contributed by atoms with van der Waals surface area (Å²) in [6.07, 6.45) is 3.97. The lowest BCUT2D eigenvalue weighted by Gasteiger charge is -2.29. The van der Waals surface area contributed by atoms with E-state index in [0.29, 0.717) is 31.1 Å². The number of likely N-dealkylation sites (tertiary alicyclic amines) is 1. The number of benzene rings is 1. The number of amides is 1. The van der Waals surface area contributed by atoms with Gasteiger partial charge < -0.3 is 19.5 Å². The number of carbonyl (C=O) groups excluding carboxylic acids is 2. The number of Topliss-reactive ketones (excluding diaryl/α,β-unsaturated/α-hetero) is 1. The molecule has 1 unspecified atom stereocenters. The second kappa shape index (κ2) is 10.1. The molecule has 3 heterocycles. The van der Waals surface area contributed by atoms with Crippen LogP contribution < -0.4 is 4.74 Å². The number of morpholine rings is 1. The van der Waals surface area contributed by atoms with E-state index in [1.54, 1.807) is 54.7 Å². The predicted octanol–water partition coefficient (Wildman–Crippen LogP) is 2.54. The third kappa shape index (κ3) is 4.77. The molecule has 8 nitrogen and oxygen atoms in total. The zero-order valence-electron chi connectivity index (χ0n) is 19.0. The molecule has 1 amide bonds. The lowest BCUT2D eigenvalue weighted by Crippen LogP contribution is -2.38. The number of carbonyl (C=O) groups is 2. The molecular formula is C25H29N3O5. The van der Waals surface area contributed by atoms with E-state index < -0.39 is 17.7 Å². The summed E-state index contributed by atoms with van der Waals surface area (Å²) in [5.74, 6) is -0.785. The van der Waals surface area contributed by atoms with Gasteiger partial charge in [-0.2, -0.15) is 0 Å². The standard InChI is InChI=1S/C25H29N3O5/c1-17-16-19(32-2)4-5-20(17)23(29)21-22(18-6-8-26-9-7-18)28(25(31)24(21)30)11-3-10-27-12-14-33-15-13-27/h4-9,16,22,29H,3,10-15H2,1-2H3/b23-21-. The van der Waals surface area contributed by atoms with Gasteiger partial charge in [-0.1, -0.05) is 0 Å². The van der Waals surface area contributed by atoms with Crippen molar-refractivity contribution in [2.45, 2.75) is 19.4 Å². The van der Waals surface area contributed by atoms with Gasteiger partial charge in [-0.3, -0.25) is 19.5 Å². The van der Waals surface area contributed by atoms with E-state index in [-0.39, 0.29) is 11.3 Å². The molecule has 0 bridgehead atoms. The first kappa shape index (κ1) is 22.9. The number of aliphatic hydroxyl groups excluding tert-OH is 1. The maximum atomic E-state index is 13.1. The van der Waals surface area contributed by atoms with E-state index in [1.807, 2.05) is 6.92 Å². The SMILES string of the molecule is COc1ccc(/C(O)=C2/C(=O)C(=O)N(CCCN3CCOCC3)C2c2ccncc2)c(C)c1. The summed E-state index contributed by atoms with van der Waals surface area (Å²) in [5.41, 5.74) is 2.09. The van der Waals surface area contributed by atoms with E-state index in [4.69, 9.17) is 9.47 Å². The number of pyridine rings is 1. The number of hydrogen-bond donors (Lipinski definition) is 1. The van der Waals surface area contributed by atoms with Crippen LogP contribution in [-0.4, -0.2) is 78.1 Å². The Morgan fingerprint density at radius 1 is 1.15 bits per heavy atom. The third-order valence-electron chi connectivity index (χ3n) is 6.23. The summed E-state index contributed by atoms with van der Waals surface area (Å²) < 4.78 is 10.6. The minimum atomic E-state index is -0.670. The Bertz CT molecular complexity index is 1050. The van der Waals surface area contributed by atoms with Crippen LogP contribution in [-0.2, 0) is 14.3 Å². The number of ether oxygens (including phenoxy) is 2. The minimum Gasteiger partial charge on any atom is -0.507 e. The Morgan fingerprint density at radius 3 is 2.55 bits per heavy atom. The number of rotatable bonds is 7. The molecule has 1 aromatic carbocycles. The minimum absolute atomic E-state index is 0.103. The molecule has 2 saturated heterocycles. The molecular weight excluding hydrogens is 422 g/mol. The maximum absolute atomic E-state index is 13.1. The monoisotopic (exact) mass is 451 g/mol. The summed E-state index contributed by atoms with van der Waals surface area (Å²) in [4.78, 5) is 34.1. The van der Waals surface area contributed by atoms with Crippen molar-refractivity contribution < 1.29 is 24.2 Å². The molecule has 2 aliphatic heterocycles. The highest BCUT2D eigenvalue weighted by Crippen LogP contribution is 2.40. The molecule has 4 rings (SSSR count). The fraction of sp³-hybridized carbons (Fsp3) is 0.400. The molecule has 2 fully saturated rings. The molecule has 0 radical (unpaired) electrons. The lowest BCUT2D eigenvalue weighted by atomic mass is 9.94. The van der Waals surface area contributed by atoms with Crippen LogP contribution >= 0.6 is 0 Å². The van der Waals surface area contributed by atoms with Crippen molar-refractivity contribution >= 4 is 17.4 Å². The van der Waals surface area contributed by atoms with Gasteiger partial charge in [-0.05, 0) is 54.8 Å². The van der Waals surface area contributed by atoms with Gasteiger partial charge >= 0.3 is 0 Å². The largest absolute Gasteiger partial charge is 0.507 e. The first-order valence-corrected chi connectivity index (χ1v) is 11.1. The molecule has 0 aliphatic carbocycles. The molecule has 0 spiro atoms. The van der Waals surface area contributed by atoms with Crippen LogP contribution in [0.1, 0.15) is 29.2 Å².